The van der Waals surface area contributed by atoms with E-state index in [2.05, 4.69) is 10.6 Å². The van der Waals surface area contributed by atoms with Gasteiger partial charge in [-0.3, -0.25) is 14.5 Å². The van der Waals surface area contributed by atoms with E-state index in [0.29, 0.717) is 35.1 Å². The monoisotopic (exact) mass is 413 g/mol. The van der Waals surface area contributed by atoms with Gasteiger partial charge in [-0.15, -0.1) is 0 Å². The fourth-order valence-corrected chi connectivity index (χ4v) is 3.95. The Morgan fingerprint density at radius 2 is 1.72 bits per heavy atom. The number of nitrogens with one attached hydrogen (secondary N) is 2. The van der Waals surface area contributed by atoms with Gasteiger partial charge in [0.15, 0.2) is 5.75 Å². The fraction of sp³-hybridized carbons (Fsp3) is 0.286. The molecule has 0 atom stereocenters. The minimum absolute atomic E-state index is 0.323. The summed E-state index contributed by atoms with van der Waals surface area (Å²) in [6.45, 7) is -0.354. The number of rotatable bonds is 5. The number of benzene rings is 2. The van der Waals surface area contributed by atoms with Crippen LogP contribution >= 0.6 is 11.6 Å². The molecular formula is C21H20ClN3O4. The molecule has 2 aromatic rings. The Hall–Kier alpha value is -3.06. The molecule has 4 amide bonds. The topological polar surface area (TPSA) is 87.7 Å². The second-order valence-electron chi connectivity index (χ2n) is 7.19. The van der Waals surface area contributed by atoms with Crippen LogP contribution < -0.4 is 15.4 Å². The Morgan fingerprint density at radius 1 is 1.07 bits per heavy atom. The summed E-state index contributed by atoms with van der Waals surface area (Å²) in [6, 6.07) is 13.4. The first-order chi connectivity index (χ1) is 14.0. The zero-order chi connectivity index (χ0) is 20.4. The number of carbonyl (C=O) groups is 3. The molecule has 2 aliphatic rings. The van der Waals surface area contributed by atoms with Gasteiger partial charge in [-0.25, -0.2) is 4.79 Å². The number of anilines is 1. The van der Waals surface area contributed by atoms with Gasteiger partial charge < -0.3 is 15.4 Å². The summed E-state index contributed by atoms with van der Waals surface area (Å²) >= 11 is 6.14. The van der Waals surface area contributed by atoms with Crippen LogP contribution in [0.25, 0.3) is 0 Å². The van der Waals surface area contributed by atoms with E-state index in [4.69, 9.17) is 16.3 Å². The lowest BCUT2D eigenvalue weighted by Gasteiger charge is -2.20. The second-order valence-corrected chi connectivity index (χ2v) is 7.59. The molecule has 1 saturated heterocycles. The van der Waals surface area contributed by atoms with Crippen LogP contribution in [-0.2, 0) is 9.59 Å². The minimum Gasteiger partial charge on any atom is -0.454 e. The maximum Gasteiger partial charge on any atom is 0.325 e. The van der Waals surface area contributed by atoms with Crippen molar-refractivity contribution in [1.82, 2.24) is 10.2 Å². The molecule has 8 heteroatoms. The molecule has 1 saturated carbocycles. The van der Waals surface area contributed by atoms with Gasteiger partial charge in [0.05, 0.1) is 10.7 Å². The van der Waals surface area contributed by atoms with Gasteiger partial charge in [-0.1, -0.05) is 48.7 Å². The molecule has 4 rings (SSSR count). The molecule has 2 fully saturated rings. The Bertz CT molecular complexity index is 972. The average molecular weight is 414 g/mol. The van der Waals surface area contributed by atoms with Crippen molar-refractivity contribution in [2.45, 2.75) is 31.2 Å². The number of urea groups is 1. The molecule has 2 aromatic carbocycles. The molecular weight excluding hydrogens is 394 g/mol. The molecule has 1 spiro atoms. The average Bonchev–Trinajstić information content (AvgIpc) is 3.26. The number of hydrogen-bond acceptors (Lipinski definition) is 4. The molecule has 2 N–H and O–H groups in total. The van der Waals surface area contributed by atoms with E-state index in [1.165, 1.54) is 0 Å². The van der Waals surface area contributed by atoms with E-state index in [0.717, 1.165) is 17.7 Å². The largest absolute Gasteiger partial charge is 0.454 e. The summed E-state index contributed by atoms with van der Waals surface area (Å²) in [5, 5.41) is 5.92. The Labute approximate surface area is 173 Å². The first kappa shape index (κ1) is 19.3. The van der Waals surface area contributed by atoms with Crippen molar-refractivity contribution in [3.8, 4) is 11.5 Å². The fourth-order valence-electron chi connectivity index (χ4n) is 3.78. The van der Waals surface area contributed by atoms with Gasteiger partial charge in [-0.05, 0) is 37.1 Å². The van der Waals surface area contributed by atoms with Crippen LogP contribution in [0.15, 0.2) is 48.5 Å². The number of ether oxygens (including phenoxy) is 1. The summed E-state index contributed by atoms with van der Waals surface area (Å²) in [5.41, 5.74) is -0.414. The molecule has 1 aliphatic carbocycles. The quantitative estimate of drug-likeness (QED) is 0.727. The van der Waals surface area contributed by atoms with E-state index >= 15 is 0 Å². The normalized spacial score (nSPS) is 17.5. The van der Waals surface area contributed by atoms with Crippen molar-refractivity contribution >= 4 is 35.1 Å². The maximum absolute atomic E-state index is 12.7. The molecule has 150 valence electrons. The van der Waals surface area contributed by atoms with Crippen LogP contribution in [0.4, 0.5) is 10.5 Å². The molecule has 0 bridgehead atoms. The van der Waals surface area contributed by atoms with Crippen LogP contribution in [0.2, 0.25) is 5.02 Å². The van der Waals surface area contributed by atoms with Crippen molar-refractivity contribution in [1.29, 1.82) is 0 Å². The van der Waals surface area contributed by atoms with E-state index in [1.54, 1.807) is 48.5 Å². The lowest BCUT2D eigenvalue weighted by Crippen LogP contribution is -2.44. The lowest BCUT2D eigenvalue weighted by atomic mass is 9.98. The van der Waals surface area contributed by atoms with Crippen molar-refractivity contribution in [3.63, 3.8) is 0 Å². The van der Waals surface area contributed by atoms with E-state index in [1.807, 2.05) is 0 Å². The predicted molar refractivity (Wildman–Crippen MR) is 108 cm³/mol. The Balaban J connectivity index is 1.46. The third kappa shape index (κ3) is 3.78. The highest BCUT2D eigenvalue weighted by molar-refractivity contribution is 6.32. The third-order valence-corrected chi connectivity index (χ3v) is 5.53. The SMILES string of the molecule is O=C(CN1C(=O)NC2(CCCC2)C1=O)Nc1ccccc1Oc1ccccc1Cl. The molecule has 0 aromatic heterocycles. The second kappa shape index (κ2) is 7.75. The van der Waals surface area contributed by atoms with Gasteiger partial charge in [0.1, 0.15) is 17.8 Å². The van der Waals surface area contributed by atoms with Crippen molar-refractivity contribution in [3.05, 3.63) is 53.6 Å². The zero-order valence-corrected chi connectivity index (χ0v) is 16.4. The molecule has 1 aliphatic heterocycles. The number of hydrogen-bond donors (Lipinski definition) is 2. The number of carbonyl (C=O) groups excluding carboxylic acids is 3. The highest BCUT2D eigenvalue weighted by Gasteiger charge is 2.52. The third-order valence-electron chi connectivity index (χ3n) is 5.22. The van der Waals surface area contributed by atoms with Crippen LogP contribution in [-0.4, -0.2) is 34.8 Å². The van der Waals surface area contributed by atoms with Crippen LogP contribution in [0.5, 0.6) is 11.5 Å². The first-order valence-corrected chi connectivity index (χ1v) is 9.82. The van der Waals surface area contributed by atoms with Crippen LogP contribution in [0.3, 0.4) is 0 Å². The van der Waals surface area contributed by atoms with Gasteiger partial charge in [0.25, 0.3) is 5.91 Å². The summed E-state index contributed by atoms with van der Waals surface area (Å²) in [7, 11) is 0. The standard InChI is InChI=1S/C21H20ClN3O4/c22-14-7-1-3-9-16(14)29-17-10-4-2-8-15(17)23-18(26)13-25-19(27)21(24-20(25)28)11-5-6-12-21/h1-4,7-10H,5-6,11-13H2,(H,23,26)(H,24,28). The van der Waals surface area contributed by atoms with Gasteiger partial charge >= 0.3 is 6.03 Å². The summed E-state index contributed by atoms with van der Waals surface area (Å²) in [6.07, 6.45) is 3.01. The summed E-state index contributed by atoms with van der Waals surface area (Å²) in [5.74, 6) is 0.0426. The molecule has 0 unspecified atom stereocenters. The predicted octanol–water partition coefficient (Wildman–Crippen LogP) is 3.94. The van der Waals surface area contributed by atoms with Crippen molar-refractivity contribution in [2.75, 3.05) is 11.9 Å². The van der Waals surface area contributed by atoms with Crippen LogP contribution in [0.1, 0.15) is 25.7 Å². The smallest absolute Gasteiger partial charge is 0.325 e. The molecule has 7 nitrogen and oxygen atoms in total. The molecule has 1 heterocycles. The summed E-state index contributed by atoms with van der Waals surface area (Å²) < 4.78 is 5.82. The molecule has 29 heavy (non-hydrogen) atoms. The number of amides is 4. The van der Waals surface area contributed by atoms with Crippen molar-refractivity contribution < 1.29 is 19.1 Å². The Morgan fingerprint density at radius 3 is 2.45 bits per heavy atom. The van der Waals surface area contributed by atoms with Gasteiger partial charge in [-0.2, -0.15) is 0 Å². The highest BCUT2D eigenvalue weighted by Crippen LogP contribution is 2.35. The van der Waals surface area contributed by atoms with E-state index in [-0.39, 0.29) is 12.5 Å². The lowest BCUT2D eigenvalue weighted by molar-refractivity contribution is -0.133. The molecule has 0 radical (unpaired) electrons. The number of nitrogens with zero attached hydrogens (tertiary/aromatic N) is 1. The summed E-state index contributed by atoms with van der Waals surface area (Å²) in [4.78, 5) is 38.5. The van der Waals surface area contributed by atoms with Crippen molar-refractivity contribution in [2.24, 2.45) is 0 Å². The van der Waals surface area contributed by atoms with Gasteiger partial charge in [0.2, 0.25) is 5.91 Å². The van der Waals surface area contributed by atoms with Gasteiger partial charge in [0, 0.05) is 0 Å². The van der Waals surface area contributed by atoms with E-state index < -0.39 is 17.5 Å². The number of para-hydroxylation sites is 3. The zero-order valence-electron chi connectivity index (χ0n) is 15.6. The van der Waals surface area contributed by atoms with E-state index in [9.17, 15) is 14.4 Å². The first-order valence-electron chi connectivity index (χ1n) is 9.44. The highest BCUT2D eigenvalue weighted by atomic mass is 35.5. The minimum atomic E-state index is -0.831. The maximum atomic E-state index is 12.7. The Kier molecular flexibility index (Phi) is 5.15. The number of imide groups is 1. The van der Waals surface area contributed by atoms with Crippen LogP contribution in [0, 0.1) is 0 Å². The number of halogens is 1.